The van der Waals surface area contributed by atoms with Crippen LogP contribution in [0.4, 0.5) is 30.7 Å². The first kappa shape index (κ1) is 22.6. The lowest BCUT2D eigenvalue weighted by atomic mass is 9.84. The van der Waals surface area contributed by atoms with Crippen LogP contribution in [-0.2, 0) is 0 Å². The molecule has 0 aromatic heterocycles. The molecular formula is C24H17F7. The number of aryl methyl sites for hydroxylation is 1. The summed E-state index contributed by atoms with van der Waals surface area (Å²) in [5.74, 6) is -11.8. The van der Waals surface area contributed by atoms with Gasteiger partial charge in [0.1, 0.15) is 0 Å². The minimum atomic E-state index is -6.45. The quantitative estimate of drug-likeness (QED) is 0.282. The minimum Gasteiger partial charge on any atom is -0.194 e. The van der Waals surface area contributed by atoms with E-state index >= 15 is 8.78 Å². The molecule has 0 amide bonds. The molecule has 0 radical (unpaired) electrons. The van der Waals surface area contributed by atoms with E-state index in [4.69, 9.17) is 0 Å². The summed E-state index contributed by atoms with van der Waals surface area (Å²) in [6, 6.07) is 19.6. The molecule has 162 valence electrons. The number of allylic oxidation sites excluding steroid dienone is 1. The summed E-state index contributed by atoms with van der Waals surface area (Å²) in [5, 5.41) is 0. The second-order valence-electron chi connectivity index (χ2n) is 6.99. The topological polar surface area (TPSA) is 0 Å². The third-order valence-corrected chi connectivity index (χ3v) is 4.78. The molecule has 0 aliphatic heterocycles. The van der Waals surface area contributed by atoms with Gasteiger partial charge in [-0.3, -0.25) is 0 Å². The molecule has 0 aliphatic carbocycles. The number of rotatable bonds is 5. The zero-order valence-electron chi connectivity index (χ0n) is 16.2. The van der Waals surface area contributed by atoms with Gasteiger partial charge in [0.2, 0.25) is 0 Å². The number of hydrogen-bond acceptors (Lipinski definition) is 0. The molecule has 3 rings (SSSR count). The van der Waals surface area contributed by atoms with Gasteiger partial charge >= 0.3 is 18.0 Å². The monoisotopic (exact) mass is 438 g/mol. The number of alkyl halides is 7. The molecule has 0 nitrogen and oxygen atoms in total. The highest BCUT2D eigenvalue weighted by molar-refractivity contribution is 6.01. The summed E-state index contributed by atoms with van der Waals surface area (Å²) in [4.78, 5) is 0. The largest absolute Gasteiger partial charge is 0.460 e. The van der Waals surface area contributed by atoms with E-state index in [0.29, 0.717) is 0 Å². The predicted octanol–water partition coefficient (Wildman–Crippen LogP) is 7.79. The third-order valence-electron chi connectivity index (χ3n) is 4.78. The molecule has 31 heavy (non-hydrogen) atoms. The van der Waals surface area contributed by atoms with E-state index < -0.39 is 34.7 Å². The van der Waals surface area contributed by atoms with Gasteiger partial charge in [0, 0.05) is 5.57 Å². The van der Waals surface area contributed by atoms with Crippen LogP contribution in [0.1, 0.15) is 22.3 Å². The van der Waals surface area contributed by atoms with Gasteiger partial charge in [0.25, 0.3) is 0 Å². The molecule has 0 spiro atoms. The maximum absolute atomic E-state index is 15.2. The van der Waals surface area contributed by atoms with Crippen molar-refractivity contribution in [1.82, 2.24) is 0 Å². The molecule has 0 saturated heterocycles. The van der Waals surface area contributed by atoms with E-state index in [-0.39, 0.29) is 11.1 Å². The Morgan fingerprint density at radius 2 is 0.968 bits per heavy atom. The molecule has 0 aliphatic rings. The fourth-order valence-electron chi connectivity index (χ4n) is 3.20. The first-order chi connectivity index (χ1) is 14.5. The van der Waals surface area contributed by atoms with E-state index in [1.165, 1.54) is 54.6 Å². The van der Waals surface area contributed by atoms with Crippen molar-refractivity contribution >= 4 is 11.1 Å². The van der Waals surface area contributed by atoms with Crippen LogP contribution < -0.4 is 0 Å². The number of benzene rings is 3. The molecule has 0 N–H and O–H groups in total. The van der Waals surface area contributed by atoms with Gasteiger partial charge in [0.05, 0.1) is 0 Å². The van der Waals surface area contributed by atoms with Crippen molar-refractivity contribution in [3.8, 4) is 0 Å². The Morgan fingerprint density at radius 1 is 0.548 bits per heavy atom. The fourth-order valence-corrected chi connectivity index (χ4v) is 3.20. The van der Waals surface area contributed by atoms with Crippen molar-refractivity contribution < 1.29 is 30.7 Å². The smallest absolute Gasteiger partial charge is 0.194 e. The maximum Gasteiger partial charge on any atom is 0.460 e. The molecule has 0 atom stereocenters. The lowest BCUT2D eigenvalue weighted by Gasteiger charge is -2.32. The van der Waals surface area contributed by atoms with Crippen LogP contribution in [-0.4, -0.2) is 18.0 Å². The van der Waals surface area contributed by atoms with E-state index in [2.05, 4.69) is 0 Å². The van der Waals surface area contributed by atoms with Gasteiger partial charge in [0.15, 0.2) is 0 Å². The molecular weight excluding hydrogens is 421 g/mol. The van der Waals surface area contributed by atoms with Gasteiger partial charge in [-0.05, 0) is 29.2 Å². The van der Waals surface area contributed by atoms with E-state index in [1.54, 1.807) is 25.1 Å². The van der Waals surface area contributed by atoms with Crippen LogP contribution in [0.3, 0.4) is 0 Å². The zero-order chi connectivity index (χ0) is 22.9. The van der Waals surface area contributed by atoms with Gasteiger partial charge in [-0.25, -0.2) is 0 Å². The van der Waals surface area contributed by atoms with Crippen molar-refractivity contribution in [1.29, 1.82) is 0 Å². The average Bonchev–Trinajstić information content (AvgIpc) is 2.73. The molecule has 3 aromatic rings. The molecule has 0 heterocycles. The van der Waals surface area contributed by atoms with Crippen LogP contribution in [0.2, 0.25) is 0 Å². The Hall–Kier alpha value is -3.09. The fraction of sp³-hybridized carbons (Fsp3) is 0.167. The van der Waals surface area contributed by atoms with Gasteiger partial charge < -0.3 is 0 Å². The highest BCUT2D eigenvalue weighted by Gasteiger charge is 2.74. The molecule has 0 unspecified atom stereocenters. The normalized spacial score (nSPS) is 13.7. The number of hydrogen-bond donors (Lipinski definition) is 0. The van der Waals surface area contributed by atoms with Gasteiger partial charge in [-0.2, -0.15) is 30.7 Å². The zero-order valence-corrected chi connectivity index (χ0v) is 16.2. The summed E-state index contributed by atoms with van der Waals surface area (Å²) in [6.45, 7) is 1.74. The van der Waals surface area contributed by atoms with Crippen LogP contribution >= 0.6 is 0 Å². The average molecular weight is 438 g/mol. The van der Waals surface area contributed by atoms with E-state index in [0.717, 1.165) is 17.7 Å². The third kappa shape index (κ3) is 4.22. The Balaban J connectivity index is 2.47. The minimum absolute atomic E-state index is 0.0860. The highest BCUT2D eigenvalue weighted by atomic mass is 19.4. The summed E-state index contributed by atoms with van der Waals surface area (Å²) < 4.78 is 98.0. The molecule has 7 heteroatoms. The lowest BCUT2D eigenvalue weighted by Crippen LogP contribution is -2.52. The first-order valence-electron chi connectivity index (χ1n) is 9.22. The second kappa shape index (κ2) is 8.21. The van der Waals surface area contributed by atoms with Crippen LogP contribution in [0, 0.1) is 6.92 Å². The van der Waals surface area contributed by atoms with Crippen molar-refractivity contribution in [3.63, 3.8) is 0 Å². The Kier molecular flexibility index (Phi) is 5.98. The predicted molar refractivity (Wildman–Crippen MR) is 106 cm³/mol. The first-order valence-corrected chi connectivity index (χ1v) is 9.22. The highest BCUT2D eigenvalue weighted by Crippen LogP contribution is 2.54. The van der Waals surface area contributed by atoms with E-state index in [1.807, 2.05) is 0 Å². The Bertz CT molecular complexity index is 1050. The van der Waals surface area contributed by atoms with Crippen molar-refractivity contribution in [3.05, 3.63) is 107 Å². The molecule has 0 fully saturated rings. The van der Waals surface area contributed by atoms with Crippen molar-refractivity contribution in [2.24, 2.45) is 0 Å². The van der Waals surface area contributed by atoms with Gasteiger partial charge in [-0.1, -0.05) is 90.5 Å². The standard InChI is InChI=1S/C24H17F7/c1-16-12-14-18(15-13-16)20(17-8-4-2-5-9-17)21(19-10-6-3-7-11-19)22(25,26)23(27,28)24(29,30)31/h2-15H,1H3/b21-20+. The summed E-state index contributed by atoms with van der Waals surface area (Å²) in [5.41, 5.74) is -1.29. The second-order valence-corrected chi connectivity index (χ2v) is 6.99. The molecule has 0 bridgehead atoms. The molecule has 3 aromatic carbocycles. The van der Waals surface area contributed by atoms with Gasteiger partial charge in [-0.15, -0.1) is 0 Å². The van der Waals surface area contributed by atoms with Crippen LogP contribution in [0.25, 0.3) is 11.1 Å². The Morgan fingerprint density at radius 3 is 1.42 bits per heavy atom. The lowest BCUT2D eigenvalue weighted by molar-refractivity contribution is -0.338. The van der Waals surface area contributed by atoms with E-state index in [9.17, 15) is 22.0 Å². The van der Waals surface area contributed by atoms with Crippen molar-refractivity contribution in [2.45, 2.75) is 24.9 Å². The van der Waals surface area contributed by atoms with Crippen molar-refractivity contribution in [2.75, 3.05) is 0 Å². The summed E-state index contributed by atoms with van der Waals surface area (Å²) in [6.07, 6.45) is -6.45. The summed E-state index contributed by atoms with van der Waals surface area (Å²) in [7, 11) is 0. The van der Waals surface area contributed by atoms with Crippen LogP contribution in [0.15, 0.2) is 84.9 Å². The SMILES string of the molecule is Cc1ccc(/C(=C(\c2ccccc2)C(F)(F)C(F)(F)C(F)(F)F)c2ccccc2)cc1. The number of halogens is 7. The maximum atomic E-state index is 15.2. The summed E-state index contributed by atoms with van der Waals surface area (Å²) >= 11 is 0. The van der Waals surface area contributed by atoms with Crippen LogP contribution in [0.5, 0.6) is 0 Å². The molecule has 0 saturated carbocycles. The Labute approximate surface area is 174 Å².